The summed E-state index contributed by atoms with van der Waals surface area (Å²) in [5.74, 6) is 0.254. The molecule has 7 heteroatoms. The molecular weight excluding hydrogens is 344 g/mol. The van der Waals surface area contributed by atoms with Gasteiger partial charge in [0.1, 0.15) is 11.5 Å². The van der Waals surface area contributed by atoms with Gasteiger partial charge in [-0.2, -0.15) is 0 Å². The van der Waals surface area contributed by atoms with Gasteiger partial charge in [-0.1, -0.05) is 6.07 Å². The van der Waals surface area contributed by atoms with Crippen LogP contribution >= 0.6 is 0 Å². The number of aryl methyl sites for hydroxylation is 1. The Morgan fingerprint density at radius 1 is 1.22 bits per heavy atom. The molecule has 1 aromatic carbocycles. The van der Waals surface area contributed by atoms with E-state index in [0.29, 0.717) is 17.2 Å². The van der Waals surface area contributed by atoms with Gasteiger partial charge in [-0.05, 0) is 42.8 Å². The van der Waals surface area contributed by atoms with Crippen LogP contribution in [0.1, 0.15) is 22.8 Å². The monoisotopic (exact) mass is 362 g/mol. The van der Waals surface area contributed by atoms with Gasteiger partial charge in [0.15, 0.2) is 0 Å². The molecule has 0 radical (unpaired) electrons. The first-order valence-electron chi connectivity index (χ1n) is 8.50. The van der Waals surface area contributed by atoms with Crippen molar-refractivity contribution >= 4 is 34.0 Å². The molecule has 0 unspecified atom stereocenters. The third-order valence-electron chi connectivity index (χ3n) is 4.51. The first kappa shape index (κ1) is 17.0. The number of carbonyl (C=O) groups excluding carboxylic acids is 1. The van der Waals surface area contributed by atoms with E-state index < -0.39 is 6.61 Å². The smallest absolute Gasteiger partial charge is 0.265 e. The van der Waals surface area contributed by atoms with Crippen LogP contribution in [0.25, 0.3) is 16.6 Å². The molecule has 2 N–H and O–H groups in total. The van der Waals surface area contributed by atoms with Crippen molar-refractivity contribution in [3.05, 3.63) is 70.3 Å². The number of nitrogens with one attached hydrogen (secondary N) is 1. The second kappa shape index (κ2) is 6.37. The average Bonchev–Trinajstić information content (AvgIpc) is 3.06. The number of anilines is 2. The van der Waals surface area contributed by atoms with Crippen LogP contribution in [0.15, 0.2) is 53.6 Å². The number of aliphatic hydroxyl groups is 1. The number of fused-ring (bicyclic) bond motifs is 2. The highest BCUT2D eigenvalue weighted by Crippen LogP contribution is 2.24. The van der Waals surface area contributed by atoms with E-state index in [1.54, 1.807) is 23.0 Å². The fraction of sp³-hybridized carbons (Fsp3) is 0.150. The van der Waals surface area contributed by atoms with Gasteiger partial charge in [0, 0.05) is 30.4 Å². The Kier molecular flexibility index (Phi) is 4.01. The quantitative estimate of drug-likeness (QED) is 0.585. The minimum Gasteiger partial charge on any atom is -0.391 e. The summed E-state index contributed by atoms with van der Waals surface area (Å²) < 4.78 is 3.00. The zero-order valence-electron chi connectivity index (χ0n) is 14.9. The molecule has 136 valence electrons. The Labute approximate surface area is 154 Å². The van der Waals surface area contributed by atoms with E-state index in [-0.39, 0.29) is 17.0 Å². The lowest BCUT2D eigenvalue weighted by molar-refractivity contribution is 0.0941. The van der Waals surface area contributed by atoms with Gasteiger partial charge in [0.05, 0.1) is 17.7 Å². The fourth-order valence-electron chi connectivity index (χ4n) is 3.16. The lowest BCUT2D eigenvalue weighted by Crippen LogP contribution is -2.22. The van der Waals surface area contributed by atoms with Crippen LogP contribution in [0.2, 0.25) is 0 Å². The van der Waals surface area contributed by atoms with E-state index >= 15 is 0 Å². The summed E-state index contributed by atoms with van der Waals surface area (Å²) in [6.45, 7) is 2.97. The van der Waals surface area contributed by atoms with Crippen molar-refractivity contribution in [3.8, 4) is 0 Å². The van der Waals surface area contributed by atoms with Gasteiger partial charge in [0.25, 0.3) is 5.56 Å². The van der Waals surface area contributed by atoms with Crippen LogP contribution in [0.4, 0.5) is 11.5 Å². The zero-order valence-corrected chi connectivity index (χ0v) is 14.9. The van der Waals surface area contributed by atoms with Crippen molar-refractivity contribution in [1.82, 2.24) is 14.0 Å². The molecule has 0 aliphatic carbocycles. The van der Waals surface area contributed by atoms with Crippen LogP contribution in [0, 0.1) is 6.92 Å². The standard InChI is InChI=1S/C20H18N4O3/c1-12-3-6-18-22-19(16(11-25)20(27)24(18)10-12)21-15-4-5-17-14(9-15)7-8-23(17)13(2)26/h3-10,21,25H,11H2,1-2H3. The minimum absolute atomic E-state index is 0.0622. The minimum atomic E-state index is -0.423. The Hall–Kier alpha value is -3.45. The molecule has 3 aromatic heterocycles. The fourth-order valence-corrected chi connectivity index (χ4v) is 3.16. The SMILES string of the molecule is CC(=O)n1ccc2cc(Nc3nc4ccc(C)cn4c(=O)c3CO)ccc21. The molecule has 0 aliphatic rings. The van der Waals surface area contributed by atoms with E-state index in [9.17, 15) is 14.7 Å². The summed E-state index contributed by atoms with van der Waals surface area (Å²) in [6, 6.07) is 11.0. The van der Waals surface area contributed by atoms with Gasteiger partial charge in [-0.25, -0.2) is 4.98 Å². The van der Waals surface area contributed by atoms with E-state index in [0.717, 1.165) is 16.5 Å². The number of aliphatic hydroxyl groups excluding tert-OH is 1. The predicted molar refractivity (Wildman–Crippen MR) is 104 cm³/mol. The highest BCUT2D eigenvalue weighted by Gasteiger charge is 2.13. The van der Waals surface area contributed by atoms with Crippen molar-refractivity contribution in [2.75, 3.05) is 5.32 Å². The molecule has 0 fully saturated rings. The number of hydrogen-bond acceptors (Lipinski definition) is 5. The third kappa shape index (κ3) is 2.88. The summed E-state index contributed by atoms with van der Waals surface area (Å²) in [4.78, 5) is 28.8. The molecule has 0 bridgehead atoms. The zero-order chi connectivity index (χ0) is 19.1. The van der Waals surface area contributed by atoms with Crippen LogP contribution in [0.5, 0.6) is 0 Å². The average molecular weight is 362 g/mol. The normalized spacial score (nSPS) is 11.2. The van der Waals surface area contributed by atoms with E-state index in [4.69, 9.17) is 0 Å². The van der Waals surface area contributed by atoms with Crippen molar-refractivity contribution in [1.29, 1.82) is 0 Å². The second-order valence-electron chi connectivity index (χ2n) is 6.44. The Bertz CT molecular complexity index is 1250. The summed E-state index contributed by atoms with van der Waals surface area (Å²) in [6.07, 6.45) is 3.42. The number of benzene rings is 1. The Balaban J connectivity index is 1.81. The number of pyridine rings is 1. The maximum absolute atomic E-state index is 12.7. The molecule has 0 atom stereocenters. The van der Waals surface area contributed by atoms with Crippen molar-refractivity contribution in [2.45, 2.75) is 20.5 Å². The first-order valence-corrected chi connectivity index (χ1v) is 8.50. The molecule has 4 rings (SSSR count). The molecule has 0 aliphatic heterocycles. The lowest BCUT2D eigenvalue weighted by atomic mass is 10.2. The summed E-state index contributed by atoms with van der Waals surface area (Å²) in [7, 11) is 0. The molecular formula is C20H18N4O3. The van der Waals surface area contributed by atoms with Gasteiger partial charge in [-0.15, -0.1) is 0 Å². The van der Waals surface area contributed by atoms with Gasteiger partial charge >= 0.3 is 0 Å². The largest absolute Gasteiger partial charge is 0.391 e. The number of carbonyl (C=O) groups is 1. The summed E-state index contributed by atoms with van der Waals surface area (Å²) in [5, 5.41) is 13.7. The Morgan fingerprint density at radius 2 is 2.04 bits per heavy atom. The topological polar surface area (TPSA) is 88.6 Å². The summed E-state index contributed by atoms with van der Waals surface area (Å²) >= 11 is 0. The number of aromatic nitrogens is 3. The van der Waals surface area contributed by atoms with Gasteiger partial charge in [0.2, 0.25) is 5.91 Å². The van der Waals surface area contributed by atoms with Crippen LogP contribution in [-0.4, -0.2) is 25.0 Å². The molecule has 0 saturated heterocycles. The number of hydrogen-bond donors (Lipinski definition) is 2. The predicted octanol–water partition coefficient (Wildman–Crippen LogP) is 2.85. The molecule has 7 nitrogen and oxygen atoms in total. The maximum atomic E-state index is 12.7. The van der Waals surface area contributed by atoms with Crippen LogP contribution < -0.4 is 10.9 Å². The molecule has 0 amide bonds. The molecule has 27 heavy (non-hydrogen) atoms. The molecule has 4 aromatic rings. The number of rotatable bonds is 3. The van der Waals surface area contributed by atoms with E-state index in [1.807, 2.05) is 37.3 Å². The van der Waals surface area contributed by atoms with Gasteiger partial charge < -0.3 is 10.4 Å². The number of nitrogens with zero attached hydrogens (tertiary/aromatic N) is 3. The summed E-state index contributed by atoms with van der Waals surface area (Å²) in [5.41, 5.74) is 2.82. The Morgan fingerprint density at radius 3 is 2.78 bits per heavy atom. The van der Waals surface area contributed by atoms with Crippen molar-refractivity contribution < 1.29 is 9.90 Å². The lowest BCUT2D eigenvalue weighted by Gasteiger charge is -2.12. The van der Waals surface area contributed by atoms with E-state index in [1.165, 1.54) is 11.3 Å². The van der Waals surface area contributed by atoms with Crippen molar-refractivity contribution in [2.24, 2.45) is 0 Å². The highest BCUT2D eigenvalue weighted by atomic mass is 16.3. The van der Waals surface area contributed by atoms with Crippen LogP contribution in [-0.2, 0) is 6.61 Å². The highest BCUT2D eigenvalue weighted by molar-refractivity contribution is 5.93. The van der Waals surface area contributed by atoms with Gasteiger partial charge in [-0.3, -0.25) is 18.6 Å². The van der Waals surface area contributed by atoms with Crippen LogP contribution in [0.3, 0.4) is 0 Å². The second-order valence-corrected chi connectivity index (χ2v) is 6.44. The molecule has 0 saturated carbocycles. The first-order chi connectivity index (χ1) is 13.0. The van der Waals surface area contributed by atoms with Crippen molar-refractivity contribution in [3.63, 3.8) is 0 Å². The van der Waals surface area contributed by atoms with E-state index in [2.05, 4.69) is 10.3 Å². The maximum Gasteiger partial charge on any atom is 0.265 e. The third-order valence-corrected chi connectivity index (χ3v) is 4.51. The molecule has 0 spiro atoms. The molecule has 3 heterocycles.